The lowest BCUT2D eigenvalue weighted by atomic mass is 9.92. The molecule has 4 aliphatic heterocycles. The lowest BCUT2D eigenvalue weighted by Gasteiger charge is -2.31. The van der Waals surface area contributed by atoms with Crippen molar-refractivity contribution in [3.8, 4) is 23.0 Å². The van der Waals surface area contributed by atoms with Gasteiger partial charge in [0.25, 0.3) is 11.8 Å². The summed E-state index contributed by atoms with van der Waals surface area (Å²) >= 11 is 0. The van der Waals surface area contributed by atoms with Gasteiger partial charge in [-0.1, -0.05) is 37.1 Å². The Kier molecular flexibility index (Phi) is 17.0. The first-order chi connectivity index (χ1) is 35.2. The molecule has 74 heavy (non-hydrogen) atoms. The van der Waals surface area contributed by atoms with Gasteiger partial charge in [-0.3, -0.25) is 29.0 Å². The van der Waals surface area contributed by atoms with Gasteiger partial charge >= 0.3 is 6.09 Å². The van der Waals surface area contributed by atoms with Gasteiger partial charge in [0, 0.05) is 36.4 Å². The smallest absolute Gasteiger partial charge is 0.416 e. The Balaban J connectivity index is 0.959. The Hall–Kier alpha value is -7.45. The molecule has 3 aromatic carbocycles. The highest BCUT2D eigenvalue weighted by atomic mass is 16.6. The van der Waals surface area contributed by atoms with Crippen LogP contribution in [0.1, 0.15) is 107 Å². The largest absolute Gasteiger partial charge is 0.493 e. The molecule has 396 valence electrons. The Bertz CT molecular complexity index is 2740. The van der Waals surface area contributed by atoms with Crippen molar-refractivity contribution in [3.63, 3.8) is 0 Å². The van der Waals surface area contributed by atoms with Crippen LogP contribution in [-0.4, -0.2) is 126 Å². The van der Waals surface area contributed by atoms with E-state index in [1.54, 1.807) is 81.4 Å². The van der Waals surface area contributed by atoms with Crippen LogP contribution in [0.5, 0.6) is 23.0 Å². The highest BCUT2D eigenvalue weighted by Gasteiger charge is 2.45. The molecule has 0 unspecified atom stereocenters. The predicted molar refractivity (Wildman–Crippen MR) is 275 cm³/mol. The molecular formula is C54H67N7O13. The van der Waals surface area contributed by atoms with Gasteiger partial charge in [-0.25, -0.2) is 9.69 Å². The summed E-state index contributed by atoms with van der Waals surface area (Å²) in [5.41, 5.74) is 2.88. The summed E-state index contributed by atoms with van der Waals surface area (Å²) in [6.07, 6.45) is 5.88. The normalized spacial score (nSPS) is 18.6. The number of aliphatic hydroxyl groups excluding tert-OH is 2. The average Bonchev–Trinajstić information content (AvgIpc) is 3.92. The molecule has 20 nitrogen and oxygen atoms in total. The maximum atomic E-state index is 14.1. The highest BCUT2D eigenvalue weighted by Crippen LogP contribution is 2.43. The number of carbonyl (C=O) groups excluding carboxylic acids is 6. The SMILES string of the molecule is COc1cc2c(cc1OCCCCCOc1cc3c(cc1OC)C(=O)N1C=C(C)C[C@H]1[C@H](O)N3C(=O)OCc1ccc(NC(=O)[C@H](C)NC(=O)[C@@H](NC(=O)C(C)(C)CO)C(C)C)cc1)N=C[C@@H]1CC(C)=CN1C2=O. The molecule has 7 rings (SSSR count). The van der Waals surface area contributed by atoms with Crippen molar-refractivity contribution < 1.29 is 62.7 Å². The van der Waals surface area contributed by atoms with Crippen molar-refractivity contribution in [2.24, 2.45) is 16.3 Å². The Morgan fingerprint density at radius 2 is 1.39 bits per heavy atom. The van der Waals surface area contributed by atoms with Crippen molar-refractivity contribution in [2.45, 2.75) is 118 Å². The first-order valence-electron chi connectivity index (χ1n) is 24.7. The summed E-state index contributed by atoms with van der Waals surface area (Å²) < 4.78 is 29.4. The van der Waals surface area contributed by atoms with Crippen LogP contribution >= 0.6 is 0 Å². The zero-order valence-corrected chi connectivity index (χ0v) is 43.4. The van der Waals surface area contributed by atoms with Gasteiger partial charge in [0.05, 0.1) is 74.0 Å². The van der Waals surface area contributed by atoms with Crippen LogP contribution in [-0.2, 0) is 25.7 Å². The molecule has 5 N–H and O–H groups in total. The molecule has 0 aromatic heterocycles. The van der Waals surface area contributed by atoms with Crippen LogP contribution in [0.15, 0.2) is 77.1 Å². The lowest BCUT2D eigenvalue weighted by molar-refractivity contribution is -0.137. The van der Waals surface area contributed by atoms with E-state index in [1.165, 1.54) is 38.2 Å². The molecule has 4 heterocycles. The molecule has 0 fully saturated rings. The summed E-state index contributed by atoms with van der Waals surface area (Å²) in [6.45, 7) is 11.9. The fourth-order valence-electron chi connectivity index (χ4n) is 8.88. The number of fused-ring (bicyclic) bond motifs is 4. The van der Waals surface area contributed by atoms with Crippen LogP contribution in [0.2, 0.25) is 0 Å². The number of aliphatic hydroxyl groups is 2. The molecule has 0 spiro atoms. The number of hydrogen-bond donors (Lipinski definition) is 5. The first kappa shape index (κ1) is 54.3. The van der Waals surface area contributed by atoms with Crippen LogP contribution < -0.4 is 39.8 Å². The van der Waals surface area contributed by atoms with Gasteiger partial charge < -0.3 is 59.6 Å². The summed E-state index contributed by atoms with van der Waals surface area (Å²) in [7, 11) is 2.97. The second-order valence-electron chi connectivity index (χ2n) is 20.0. The van der Waals surface area contributed by atoms with Crippen LogP contribution in [0.3, 0.4) is 0 Å². The number of ether oxygens (including phenoxy) is 5. The monoisotopic (exact) mass is 1020 g/mol. The maximum Gasteiger partial charge on any atom is 0.416 e. The van der Waals surface area contributed by atoms with Crippen molar-refractivity contribution in [1.82, 2.24) is 20.4 Å². The van der Waals surface area contributed by atoms with Gasteiger partial charge in [0.15, 0.2) is 29.2 Å². The molecule has 0 bridgehead atoms. The number of rotatable bonds is 20. The van der Waals surface area contributed by atoms with Crippen molar-refractivity contribution >= 4 is 58.9 Å². The quantitative estimate of drug-likeness (QED) is 0.0774. The number of amides is 6. The average molecular weight is 1020 g/mol. The van der Waals surface area contributed by atoms with E-state index in [2.05, 4.69) is 20.9 Å². The summed E-state index contributed by atoms with van der Waals surface area (Å²) in [4.78, 5) is 89.3. The Labute approximate surface area is 430 Å². The number of carbonyl (C=O) groups is 6. The molecule has 0 saturated carbocycles. The molecule has 4 aliphatic rings. The van der Waals surface area contributed by atoms with E-state index in [1.807, 2.05) is 20.0 Å². The minimum atomic E-state index is -1.51. The number of aliphatic imine (C=N–C) groups is 1. The van der Waals surface area contributed by atoms with Crippen LogP contribution in [0.4, 0.5) is 21.9 Å². The topological polar surface area (TPSA) is 247 Å². The lowest BCUT2D eigenvalue weighted by Crippen LogP contribution is -2.56. The Morgan fingerprint density at radius 3 is 2.03 bits per heavy atom. The fourth-order valence-corrected chi connectivity index (χ4v) is 8.88. The van der Waals surface area contributed by atoms with Crippen molar-refractivity contribution in [2.75, 3.05) is 44.3 Å². The van der Waals surface area contributed by atoms with Crippen LogP contribution in [0.25, 0.3) is 0 Å². The molecule has 0 aliphatic carbocycles. The molecule has 5 atom stereocenters. The Morgan fingerprint density at radius 1 is 0.784 bits per heavy atom. The third-order valence-corrected chi connectivity index (χ3v) is 13.3. The zero-order chi connectivity index (χ0) is 53.6. The second-order valence-corrected chi connectivity index (χ2v) is 20.0. The standard InChI is InChI=1S/C54H67N7O13/c1-30(2)46(58-52(68)54(6,7)29-62)48(64)56-33(5)47(63)57-35-15-13-34(14-16-35)28-74-53(69)61-40-24-45(43(71-9)22-38(40)50(66)60-27-32(4)20-41(60)51(61)67)73-18-12-10-11-17-72-44-23-39-37(21-42(44)70-8)49(65)59-26-31(3)19-36(59)25-55-39/h13-16,21-27,30,33,36,41,46,51,62,67H,10-12,17-20,28-29H2,1-9H3,(H,56,64)(H,57,63)(H,58,68)/t33-,36-,41-,46-,51-/m0/s1. The van der Waals surface area contributed by atoms with Crippen molar-refractivity contribution in [1.29, 1.82) is 0 Å². The fraction of sp³-hybridized carbons (Fsp3) is 0.463. The summed E-state index contributed by atoms with van der Waals surface area (Å²) in [5.74, 6) is -1.09. The second kappa shape index (κ2) is 23.2. The summed E-state index contributed by atoms with van der Waals surface area (Å²) in [6, 6.07) is 9.99. The van der Waals surface area contributed by atoms with Gasteiger partial charge in [0.2, 0.25) is 17.7 Å². The van der Waals surface area contributed by atoms with Gasteiger partial charge in [-0.2, -0.15) is 0 Å². The number of benzene rings is 3. The van der Waals surface area contributed by atoms with Crippen molar-refractivity contribution in [3.05, 3.63) is 88.8 Å². The number of hydrogen-bond acceptors (Lipinski definition) is 14. The number of anilines is 2. The third kappa shape index (κ3) is 12.0. The van der Waals surface area contributed by atoms with E-state index in [0.29, 0.717) is 66.3 Å². The first-order valence-corrected chi connectivity index (χ1v) is 24.7. The minimum absolute atomic E-state index is 0.0697. The molecule has 0 radical (unpaired) electrons. The molecular weight excluding hydrogens is 955 g/mol. The van der Waals surface area contributed by atoms with E-state index in [9.17, 15) is 39.0 Å². The number of nitrogens with zero attached hydrogens (tertiary/aromatic N) is 4. The maximum absolute atomic E-state index is 14.1. The van der Waals surface area contributed by atoms with E-state index in [4.69, 9.17) is 23.7 Å². The minimum Gasteiger partial charge on any atom is -0.493 e. The predicted octanol–water partition coefficient (Wildman–Crippen LogP) is 6.36. The van der Waals surface area contributed by atoms with Gasteiger partial charge in [-0.15, -0.1) is 0 Å². The molecule has 3 aromatic rings. The van der Waals surface area contributed by atoms with Gasteiger partial charge in [0.1, 0.15) is 18.7 Å². The summed E-state index contributed by atoms with van der Waals surface area (Å²) in [5, 5.41) is 29.5. The van der Waals surface area contributed by atoms with E-state index < -0.39 is 66.1 Å². The third-order valence-electron chi connectivity index (χ3n) is 13.3. The number of methoxy groups -OCH3 is 2. The highest BCUT2D eigenvalue weighted by molar-refractivity contribution is 6.07. The number of unbranched alkanes of at least 4 members (excludes halogenated alkanes) is 2. The molecule has 6 amide bonds. The van der Waals surface area contributed by atoms with E-state index >= 15 is 0 Å². The van der Waals surface area contributed by atoms with E-state index in [-0.39, 0.29) is 53.8 Å². The number of nitrogens with one attached hydrogen (secondary N) is 3. The zero-order valence-electron chi connectivity index (χ0n) is 43.4. The molecule has 0 saturated heterocycles. The van der Waals surface area contributed by atoms with Crippen LogP contribution in [0, 0.1) is 11.3 Å². The van der Waals surface area contributed by atoms with E-state index in [0.717, 1.165) is 22.5 Å². The molecule has 20 heteroatoms. The van der Waals surface area contributed by atoms with Gasteiger partial charge in [-0.05, 0) is 102 Å².